The van der Waals surface area contributed by atoms with Crippen LogP contribution in [-0.2, 0) is 11.3 Å². The number of hydrogen-bond acceptors (Lipinski definition) is 5. The normalized spacial score (nSPS) is 10.7. The highest BCUT2D eigenvalue weighted by molar-refractivity contribution is 7.99. The van der Waals surface area contributed by atoms with Gasteiger partial charge in [-0.3, -0.25) is 9.36 Å². The van der Waals surface area contributed by atoms with E-state index in [1.54, 1.807) is 24.3 Å². The molecule has 2 aromatic carbocycles. The van der Waals surface area contributed by atoms with Gasteiger partial charge >= 0.3 is 5.97 Å². The number of nitrogens with zero attached hydrogens (tertiary/aromatic N) is 3. The van der Waals surface area contributed by atoms with Crippen LogP contribution in [0.2, 0.25) is 0 Å². The maximum Gasteiger partial charge on any atom is 0.313 e. The summed E-state index contributed by atoms with van der Waals surface area (Å²) in [5, 5.41) is 27.2. The van der Waals surface area contributed by atoms with Gasteiger partial charge in [0.1, 0.15) is 5.75 Å². The number of carboxylic acid groups (broad SMARTS) is 1. The Kier molecular flexibility index (Phi) is 4.81. The van der Waals surface area contributed by atoms with Crippen molar-refractivity contribution in [1.29, 1.82) is 0 Å². The standard InChI is InChI=1S/C17H15N3O3S/c21-14-8-6-13(7-9-14)16-18-19-17(24-11-15(22)23)20(16)10-12-4-2-1-3-5-12/h1-9,21H,10-11H2,(H,22,23). The van der Waals surface area contributed by atoms with E-state index in [0.717, 1.165) is 22.9 Å². The molecule has 0 aliphatic rings. The molecule has 0 amide bonds. The molecule has 0 unspecified atom stereocenters. The van der Waals surface area contributed by atoms with Crippen LogP contribution in [0, 0.1) is 0 Å². The maximum absolute atomic E-state index is 10.9. The average Bonchev–Trinajstić information content (AvgIpc) is 2.97. The van der Waals surface area contributed by atoms with E-state index < -0.39 is 5.97 Å². The number of phenols is 1. The fraction of sp³-hybridized carbons (Fsp3) is 0.118. The molecule has 0 radical (unpaired) electrons. The highest BCUT2D eigenvalue weighted by Gasteiger charge is 2.16. The lowest BCUT2D eigenvalue weighted by Crippen LogP contribution is -2.06. The van der Waals surface area contributed by atoms with Gasteiger partial charge in [-0.25, -0.2) is 0 Å². The molecule has 3 rings (SSSR count). The third-order valence-electron chi connectivity index (χ3n) is 3.35. The number of aliphatic carboxylic acids is 1. The zero-order valence-electron chi connectivity index (χ0n) is 12.7. The molecular formula is C17H15N3O3S. The monoisotopic (exact) mass is 341 g/mol. The Morgan fingerprint density at radius 2 is 1.75 bits per heavy atom. The molecule has 0 aliphatic carbocycles. The molecule has 0 saturated heterocycles. The second-order valence-electron chi connectivity index (χ2n) is 5.11. The molecule has 0 bridgehead atoms. The lowest BCUT2D eigenvalue weighted by molar-refractivity contribution is -0.133. The molecule has 0 aliphatic heterocycles. The van der Waals surface area contributed by atoms with Gasteiger partial charge in [0, 0.05) is 5.56 Å². The van der Waals surface area contributed by atoms with Crippen LogP contribution in [0.1, 0.15) is 5.56 Å². The summed E-state index contributed by atoms with van der Waals surface area (Å²) in [7, 11) is 0. The van der Waals surface area contributed by atoms with E-state index in [9.17, 15) is 9.90 Å². The number of carboxylic acids is 1. The van der Waals surface area contributed by atoms with Crippen molar-refractivity contribution < 1.29 is 15.0 Å². The number of phenolic OH excluding ortho intramolecular Hbond substituents is 1. The summed E-state index contributed by atoms with van der Waals surface area (Å²) in [6.07, 6.45) is 0. The quantitative estimate of drug-likeness (QED) is 0.670. The SMILES string of the molecule is O=C(O)CSc1nnc(-c2ccc(O)cc2)n1Cc1ccccc1. The summed E-state index contributed by atoms with van der Waals surface area (Å²) in [6.45, 7) is 0.534. The first kappa shape index (κ1) is 16.1. The number of aromatic hydroxyl groups is 1. The fourth-order valence-electron chi connectivity index (χ4n) is 2.25. The van der Waals surface area contributed by atoms with Gasteiger partial charge in [0.05, 0.1) is 12.3 Å². The first-order chi connectivity index (χ1) is 11.6. The molecule has 0 atom stereocenters. The molecule has 7 heteroatoms. The van der Waals surface area contributed by atoms with Crippen molar-refractivity contribution in [3.63, 3.8) is 0 Å². The van der Waals surface area contributed by atoms with E-state index >= 15 is 0 Å². The zero-order chi connectivity index (χ0) is 16.9. The van der Waals surface area contributed by atoms with Crippen LogP contribution < -0.4 is 0 Å². The Morgan fingerprint density at radius 3 is 2.42 bits per heavy atom. The Balaban J connectivity index is 1.98. The second-order valence-corrected chi connectivity index (χ2v) is 6.05. The van der Waals surface area contributed by atoms with Gasteiger partial charge in [0.15, 0.2) is 11.0 Å². The number of aromatic nitrogens is 3. The van der Waals surface area contributed by atoms with Crippen molar-refractivity contribution >= 4 is 17.7 Å². The lowest BCUT2D eigenvalue weighted by Gasteiger charge is -2.10. The van der Waals surface area contributed by atoms with Crippen molar-refractivity contribution in [3.05, 3.63) is 60.2 Å². The highest BCUT2D eigenvalue weighted by Crippen LogP contribution is 2.26. The van der Waals surface area contributed by atoms with E-state index in [1.165, 1.54) is 0 Å². The Labute approximate surface area is 142 Å². The Bertz CT molecular complexity index is 832. The van der Waals surface area contributed by atoms with Crippen LogP contribution in [0.4, 0.5) is 0 Å². The van der Waals surface area contributed by atoms with Gasteiger partial charge < -0.3 is 10.2 Å². The lowest BCUT2D eigenvalue weighted by atomic mass is 10.2. The summed E-state index contributed by atoms with van der Waals surface area (Å²) in [6, 6.07) is 16.5. The van der Waals surface area contributed by atoms with Gasteiger partial charge in [-0.05, 0) is 29.8 Å². The minimum Gasteiger partial charge on any atom is -0.508 e. The van der Waals surface area contributed by atoms with Crippen LogP contribution in [0.25, 0.3) is 11.4 Å². The predicted molar refractivity (Wildman–Crippen MR) is 91.0 cm³/mol. The molecule has 0 spiro atoms. The number of carbonyl (C=O) groups is 1. The smallest absolute Gasteiger partial charge is 0.313 e. The predicted octanol–water partition coefficient (Wildman–Crippen LogP) is 2.88. The molecule has 122 valence electrons. The van der Waals surface area contributed by atoms with Crippen LogP contribution in [0.15, 0.2) is 59.8 Å². The number of thioether (sulfide) groups is 1. The van der Waals surface area contributed by atoms with Crippen LogP contribution in [0.3, 0.4) is 0 Å². The van der Waals surface area contributed by atoms with E-state index in [0.29, 0.717) is 17.5 Å². The number of rotatable bonds is 6. The van der Waals surface area contributed by atoms with Gasteiger partial charge in [-0.15, -0.1) is 10.2 Å². The summed E-state index contributed by atoms with van der Waals surface area (Å²) in [5.41, 5.74) is 1.87. The summed E-state index contributed by atoms with van der Waals surface area (Å²) in [4.78, 5) is 10.9. The molecule has 3 aromatic rings. The van der Waals surface area contributed by atoms with Crippen LogP contribution in [0.5, 0.6) is 5.75 Å². The zero-order valence-corrected chi connectivity index (χ0v) is 13.5. The van der Waals surface area contributed by atoms with Gasteiger partial charge in [-0.1, -0.05) is 42.1 Å². The van der Waals surface area contributed by atoms with Crippen LogP contribution >= 0.6 is 11.8 Å². The molecule has 6 nitrogen and oxygen atoms in total. The molecule has 0 saturated carbocycles. The topological polar surface area (TPSA) is 88.2 Å². The average molecular weight is 341 g/mol. The molecule has 1 heterocycles. The summed E-state index contributed by atoms with van der Waals surface area (Å²) < 4.78 is 1.88. The Morgan fingerprint density at radius 1 is 1.04 bits per heavy atom. The number of benzene rings is 2. The summed E-state index contributed by atoms with van der Waals surface area (Å²) in [5.74, 6) is -0.178. The maximum atomic E-state index is 10.9. The fourth-order valence-corrected chi connectivity index (χ4v) is 2.91. The Hall–Kier alpha value is -2.80. The van der Waals surface area contributed by atoms with Gasteiger partial charge in [0.2, 0.25) is 0 Å². The molecule has 24 heavy (non-hydrogen) atoms. The van der Waals surface area contributed by atoms with Crippen molar-refractivity contribution in [2.45, 2.75) is 11.7 Å². The van der Waals surface area contributed by atoms with Gasteiger partial charge in [-0.2, -0.15) is 0 Å². The van der Waals surface area contributed by atoms with E-state index in [1.807, 2.05) is 34.9 Å². The van der Waals surface area contributed by atoms with E-state index in [-0.39, 0.29) is 11.5 Å². The van der Waals surface area contributed by atoms with Crippen molar-refractivity contribution in [1.82, 2.24) is 14.8 Å². The largest absolute Gasteiger partial charge is 0.508 e. The first-order valence-electron chi connectivity index (χ1n) is 7.24. The van der Waals surface area contributed by atoms with E-state index in [4.69, 9.17) is 5.11 Å². The minimum atomic E-state index is -0.902. The minimum absolute atomic E-state index is 0.0809. The summed E-state index contributed by atoms with van der Waals surface area (Å²) >= 11 is 1.13. The van der Waals surface area contributed by atoms with Crippen molar-refractivity contribution in [2.24, 2.45) is 0 Å². The third kappa shape index (κ3) is 3.75. The second kappa shape index (κ2) is 7.18. The molecule has 1 aromatic heterocycles. The van der Waals surface area contributed by atoms with Gasteiger partial charge in [0.25, 0.3) is 0 Å². The van der Waals surface area contributed by atoms with Crippen LogP contribution in [-0.4, -0.2) is 36.7 Å². The van der Waals surface area contributed by atoms with Crippen molar-refractivity contribution in [2.75, 3.05) is 5.75 Å². The molecule has 0 fully saturated rings. The first-order valence-corrected chi connectivity index (χ1v) is 8.23. The molecular weight excluding hydrogens is 326 g/mol. The van der Waals surface area contributed by atoms with Crippen molar-refractivity contribution in [3.8, 4) is 17.1 Å². The molecule has 2 N–H and O–H groups in total. The third-order valence-corrected chi connectivity index (χ3v) is 4.30. The van der Waals surface area contributed by atoms with E-state index in [2.05, 4.69) is 10.2 Å². The highest BCUT2D eigenvalue weighted by atomic mass is 32.2. The number of hydrogen-bond donors (Lipinski definition) is 2.